The molecular formula is C20H22N4O2. The van der Waals surface area contributed by atoms with E-state index in [0.717, 1.165) is 5.56 Å². The maximum Gasteiger partial charge on any atom is 0.255 e. The first kappa shape index (κ1) is 19.2. The molecule has 134 valence electrons. The van der Waals surface area contributed by atoms with Crippen LogP contribution < -0.4 is 10.6 Å². The number of amides is 2. The number of nitriles is 1. The van der Waals surface area contributed by atoms with E-state index in [9.17, 15) is 9.59 Å². The third kappa shape index (κ3) is 5.72. The number of nitrogens with one attached hydrogen (secondary N) is 2. The molecule has 0 heterocycles. The minimum Gasteiger partial charge on any atom is -0.359 e. The van der Waals surface area contributed by atoms with Crippen LogP contribution in [0.2, 0.25) is 0 Å². The fraction of sp³-hybridized carbons (Fsp3) is 0.250. The minimum atomic E-state index is -0.227. The lowest BCUT2D eigenvalue weighted by Crippen LogP contribution is -2.26. The Kier molecular flexibility index (Phi) is 6.89. The van der Waals surface area contributed by atoms with Crippen LogP contribution in [-0.2, 0) is 11.3 Å². The molecule has 0 aliphatic carbocycles. The van der Waals surface area contributed by atoms with Gasteiger partial charge in [0.25, 0.3) is 5.91 Å². The molecule has 0 atom stereocenters. The third-order valence-corrected chi connectivity index (χ3v) is 3.89. The van der Waals surface area contributed by atoms with Gasteiger partial charge < -0.3 is 15.5 Å². The molecule has 0 saturated carbocycles. The van der Waals surface area contributed by atoms with Crippen molar-refractivity contribution in [1.82, 2.24) is 10.2 Å². The lowest BCUT2D eigenvalue weighted by molar-refractivity contribution is -0.120. The van der Waals surface area contributed by atoms with Crippen molar-refractivity contribution in [3.8, 4) is 6.07 Å². The molecule has 0 spiro atoms. The Morgan fingerprint density at radius 1 is 1.15 bits per heavy atom. The SMILES string of the molecule is CNC(=O)CCN(C)Cc1cccc(C(=O)Nc2cccc(C#N)c2)c1. The Labute approximate surface area is 153 Å². The summed E-state index contributed by atoms with van der Waals surface area (Å²) in [7, 11) is 3.56. The molecule has 26 heavy (non-hydrogen) atoms. The molecule has 0 aliphatic rings. The predicted octanol–water partition coefficient (Wildman–Crippen LogP) is 2.38. The lowest BCUT2D eigenvalue weighted by atomic mass is 10.1. The summed E-state index contributed by atoms with van der Waals surface area (Å²) in [6.07, 6.45) is 0.433. The van der Waals surface area contributed by atoms with Crippen LogP contribution in [0, 0.1) is 11.3 Å². The van der Waals surface area contributed by atoms with Crippen LogP contribution in [0.1, 0.15) is 27.9 Å². The summed E-state index contributed by atoms with van der Waals surface area (Å²) in [6, 6.07) is 16.2. The van der Waals surface area contributed by atoms with Crippen molar-refractivity contribution in [2.24, 2.45) is 0 Å². The fourth-order valence-electron chi connectivity index (χ4n) is 2.49. The molecule has 0 unspecified atom stereocenters. The van der Waals surface area contributed by atoms with E-state index in [1.807, 2.05) is 36.2 Å². The van der Waals surface area contributed by atoms with Gasteiger partial charge in [-0.15, -0.1) is 0 Å². The zero-order chi connectivity index (χ0) is 18.9. The molecular weight excluding hydrogens is 328 g/mol. The highest BCUT2D eigenvalue weighted by molar-refractivity contribution is 6.04. The van der Waals surface area contributed by atoms with Gasteiger partial charge in [-0.3, -0.25) is 9.59 Å². The summed E-state index contributed by atoms with van der Waals surface area (Å²) in [4.78, 5) is 25.8. The van der Waals surface area contributed by atoms with Crippen molar-refractivity contribution in [1.29, 1.82) is 5.26 Å². The Morgan fingerprint density at radius 3 is 2.65 bits per heavy atom. The van der Waals surface area contributed by atoms with E-state index in [-0.39, 0.29) is 11.8 Å². The molecule has 0 fully saturated rings. The second-order valence-electron chi connectivity index (χ2n) is 6.01. The second kappa shape index (κ2) is 9.35. The van der Waals surface area contributed by atoms with Crippen molar-refractivity contribution < 1.29 is 9.59 Å². The summed E-state index contributed by atoms with van der Waals surface area (Å²) < 4.78 is 0. The average molecular weight is 350 g/mol. The Hall–Kier alpha value is -3.17. The lowest BCUT2D eigenvalue weighted by Gasteiger charge is -2.16. The normalized spacial score (nSPS) is 10.2. The van der Waals surface area contributed by atoms with Gasteiger partial charge in [-0.05, 0) is 42.9 Å². The van der Waals surface area contributed by atoms with Crippen LogP contribution in [0.25, 0.3) is 0 Å². The van der Waals surface area contributed by atoms with E-state index in [0.29, 0.717) is 36.3 Å². The second-order valence-corrected chi connectivity index (χ2v) is 6.01. The molecule has 2 rings (SSSR count). The summed E-state index contributed by atoms with van der Waals surface area (Å²) in [6.45, 7) is 1.28. The van der Waals surface area contributed by atoms with Gasteiger partial charge in [-0.2, -0.15) is 5.26 Å². The topological polar surface area (TPSA) is 85.2 Å². The van der Waals surface area contributed by atoms with E-state index < -0.39 is 0 Å². The van der Waals surface area contributed by atoms with Crippen molar-refractivity contribution in [2.45, 2.75) is 13.0 Å². The highest BCUT2D eigenvalue weighted by atomic mass is 16.2. The molecule has 0 saturated heterocycles. The van der Waals surface area contributed by atoms with Crippen molar-refractivity contribution in [2.75, 3.05) is 26.0 Å². The number of hydrogen-bond acceptors (Lipinski definition) is 4. The number of rotatable bonds is 7. The smallest absolute Gasteiger partial charge is 0.255 e. The molecule has 0 aliphatic heterocycles. The fourth-order valence-corrected chi connectivity index (χ4v) is 2.49. The first-order valence-electron chi connectivity index (χ1n) is 8.31. The zero-order valence-corrected chi connectivity index (χ0v) is 15.0. The summed E-state index contributed by atoms with van der Waals surface area (Å²) in [5.41, 5.74) is 2.61. The van der Waals surface area contributed by atoms with Crippen LogP contribution in [0.4, 0.5) is 5.69 Å². The molecule has 2 aromatic carbocycles. The number of carbonyl (C=O) groups is 2. The van der Waals surface area contributed by atoms with Gasteiger partial charge in [0.15, 0.2) is 0 Å². The van der Waals surface area contributed by atoms with E-state index in [4.69, 9.17) is 5.26 Å². The van der Waals surface area contributed by atoms with Crippen molar-refractivity contribution >= 4 is 17.5 Å². The van der Waals surface area contributed by atoms with Crippen LogP contribution in [0.15, 0.2) is 48.5 Å². The van der Waals surface area contributed by atoms with E-state index in [2.05, 4.69) is 10.6 Å². The molecule has 0 aromatic heterocycles. The quantitative estimate of drug-likeness (QED) is 0.803. The van der Waals surface area contributed by atoms with Crippen LogP contribution >= 0.6 is 0 Å². The van der Waals surface area contributed by atoms with Crippen LogP contribution in [0.3, 0.4) is 0 Å². The molecule has 2 N–H and O–H groups in total. The van der Waals surface area contributed by atoms with E-state index >= 15 is 0 Å². The van der Waals surface area contributed by atoms with Crippen LogP contribution in [0.5, 0.6) is 0 Å². The summed E-state index contributed by atoms with van der Waals surface area (Å²) in [5.74, 6) is -0.223. The number of hydrogen-bond donors (Lipinski definition) is 2. The Morgan fingerprint density at radius 2 is 1.92 bits per heavy atom. The number of benzene rings is 2. The maximum atomic E-state index is 12.4. The highest BCUT2D eigenvalue weighted by Crippen LogP contribution is 2.13. The summed E-state index contributed by atoms with van der Waals surface area (Å²) >= 11 is 0. The predicted molar refractivity (Wildman–Crippen MR) is 101 cm³/mol. The molecule has 2 aromatic rings. The Balaban J connectivity index is 2.00. The number of nitrogens with zero attached hydrogens (tertiary/aromatic N) is 2. The first-order chi connectivity index (χ1) is 12.5. The zero-order valence-electron chi connectivity index (χ0n) is 15.0. The number of anilines is 1. The molecule has 0 bridgehead atoms. The van der Waals surface area contributed by atoms with Gasteiger partial charge in [0.1, 0.15) is 0 Å². The largest absolute Gasteiger partial charge is 0.359 e. The van der Waals surface area contributed by atoms with E-state index in [1.165, 1.54) is 0 Å². The van der Waals surface area contributed by atoms with E-state index in [1.54, 1.807) is 37.4 Å². The van der Waals surface area contributed by atoms with Gasteiger partial charge >= 0.3 is 0 Å². The molecule has 2 amide bonds. The van der Waals surface area contributed by atoms with Crippen LogP contribution in [-0.4, -0.2) is 37.4 Å². The first-order valence-corrected chi connectivity index (χ1v) is 8.31. The van der Waals surface area contributed by atoms with Gasteiger partial charge in [-0.25, -0.2) is 0 Å². The molecule has 6 nitrogen and oxygen atoms in total. The molecule has 0 radical (unpaired) electrons. The average Bonchev–Trinajstić information content (AvgIpc) is 2.66. The maximum absolute atomic E-state index is 12.4. The van der Waals surface area contributed by atoms with Crippen molar-refractivity contribution in [3.63, 3.8) is 0 Å². The van der Waals surface area contributed by atoms with Gasteiger partial charge in [0.05, 0.1) is 11.6 Å². The number of carbonyl (C=O) groups excluding carboxylic acids is 2. The van der Waals surface area contributed by atoms with Crippen molar-refractivity contribution in [3.05, 3.63) is 65.2 Å². The van der Waals surface area contributed by atoms with Gasteiger partial charge in [-0.1, -0.05) is 18.2 Å². The standard InChI is InChI=1S/C20H22N4O2/c1-22-19(25)9-10-24(2)14-16-6-3-7-17(11-16)20(26)23-18-8-4-5-15(12-18)13-21/h3-8,11-12H,9-10,14H2,1-2H3,(H,22,25)(H,23,26). The van der Waals surface area contributed by atoms with Gasteiger partial charge in [0.2, 0.25) is 5.91 Å². The summed E-state index contributed by atoms with van der Waals surface area (Å²) in [5, 5.41) is 14.3. The monoisotopic (exact) mass is 350 g/mol. The molecule has 6 heteroatoms. The third-order valence-electron chi connectivity index (χ3n) is 3.89. The Bertz CT molecular complexity index is 827. The highest BCUT2D eigenvalue weighted by Gasteiger charge is 2.09. The van der Waals surface area contributed by atoms with Gasteiger partial charge in [0, 0.05) is 37.8 Å². The minimum absolute atomic E-state index is 0.00424.